The number of halogens is 1. The van der Waals surface area contributed by atoms with E-state index < -0.39 is 0 Å². The summed E-state index contributed by atoms with van der Waals surface area (Å²) in [6.45, 7) is 1.82. The average Bonchev–Trinajstić information content (AvgIpc) is 2.45. The number of oxazole rings is 1. The number of hydrogen-bond donors (Lipinski definition) is 1. The van der Waals surface area contributed by atoms with Crippen LogP contribution in [0.4, 0.5) is 6.01 Å². The maximum absolute atomic E-state index is 5.86. The molecule has 1 heterocycles. The second-order valence-corrected chi connectivity index (χ2v) is 3.40. The molecule has 0 aliphatic rings. The summed E-state index contributed by atoms with van der Waals surface area (Å²) < 4.78 is 5.13. The molecule has 2 aromatic rings. The van der Waals surface area contributed by atoms with E-state index >= 15 is 0 Å². The number of nitrogen functional groups attached to an aromatic ring is 1. The van der Waals surface area contributed by atoms with E-state index in [1.165, 1.54) is 0 Å². The van der Waals surface area contributed by atoms with E-state index in [1.54, 1.807) is 0 Å². The Morgan fingerprint density at radius 3 is 2.79 bits per heavy atom. The summed E-state index contributed by atoms with van der Waals surface area (Å²) in [4.78, 5) is 4.07. The lowest BCUT2D eigenvalue weighted by atomic mass is 10.1. The number of hydrogen-bond acceptors (Lipinski definition) is 3. The van der Waals surface area contributed by atoms with Crippen molar-refractivity contribution in [2.24, 2.45) is 0 Å². The topological polar surface area (TPSA) is 52.0 Å². The summed E-state index contributed by atoms with van der Waals surface area (Å²) in [6.07, 6.45) is 0. The van der Waals surface area contributed by atoms with Crippen molar-refractivity contribution in [3.8, 4) is 11.3 Å². The smallest absolute Gasteiger partial charge is 0.292 e. The van der Waals surface area contributed by atoms with Crippen molar-refractivity contribution in [2.45, 2.75) is 6.92 Å². The molecule has 72 valence electrons. The summed E-state index contributed by atoms with van der Waals surface area (Å²) in [5.41, 5.74) is 7.10. The van der Waals surface area contributed by atoms with E-state index in [2.05, 4.69) is 4.98 Å². The number of aryl methyl sites for hydroxylation is 1. The Hall–Kier alpha value is -1.48. The molecule has 14 heavy (non-hydrogen) atoms. The van der Waals surface area contributed by atoms with Gasteiger partial charge in [-0.25, -0.2) is 0 Å². The first kappa shape index (κ1) is 9.09. The van der Waals surface area contributed by atoms with Crippen molar-refractivity contribution in [1.29, 1.82) is 0 Å². The van der Waals surface area contributed by atoms with Crippen molar-refractivity contribution in [2.75, 3.05) is 5.73 Å². The molecule has 3 nitrogen and oxygen atoms in total. The molecule has 0 saturated heterocycles. The number of nitrogens with two attached hydrogens (primary N) is 1. The predicted molar refractivity (Wildman–Crippen MR) is 56.1 cm³/mol. The van der Waals surface area contributed by atoms with Crippen LogP contribution in [0.5, 0.6) is 0 Å². The molecule has 0 saturated carbocycles. The molecule has 4 heteroatoms. The van der Waals surface area contributed by atoms with Gasteiger partial charge in [-0.1, -0.05) is 23.7 Å². The third-order valence-corrected chi connectivity index (χ3v) is 2.15. The number of benzene rings is 1. The van der Waals surface area contributed by atoms with Crippen molar-refractivity contribution in [3.05, 3.63) is 35.0 Å². The first-order valence-corrected chi connectivity index (χ1v) is 4.53. The highest BCUT2D eigenvalue weighted by Gasteiger charge is 2.09. The van der Waals surface area contributed by atoms with Crippen molar-refractivity contribution < 1.29 is 4.42 Å². The van der Waals surface area contributed by atoms with Gasteiger partial charge in [0, 0.05) is 10.6 Å². The molecule has 0 unspecified atom stereocenters. The van der Waals surface area contributed by atoms with Gasteiger partial charge in [-0.2, -0.15) is 4.98 Å². The van der Waals surface area contributed by atoms with Gasteiger partial charge in [0.25, 0.3) is 6.01 Å². The first-order valence-electron chi connectivity index (χ1n) is 4.15. The number of rotatable bonds is 1. The highest BCUT2D eigenvalue weighted by molar-refractivity contribution is 6.30. The van der Waals surface area contributed by atoms with Gasteiger partial charge in [0.05, 0.1) is 0 Å². The summed E-state index contributed by atoms with van der Waals surface area (Å²) in [6, 6.07) is 7.59. The van der Waals surface area contributed by atoms with Crippen LogP contribution >= 0.6 is 11.6 Å². The van der Waals surface area contributed by atoms with Crippen LogP contribution in [0.1, 0.15) is 5.76 Å². The van der Waals surface area contributed by atoms with Crippen molar-refractivity contribution in [1.82, 2.24) is 4.98 Å². The molecule has 0 aliphatic carbocycles. The van der Waals surface area contributed by atoms with E-state index in [0.717, 1.165) is 11.3 Å². The third kappa shape index (κ3) is 1.59. The minimum absolute atomic E-state index is 0.178. The molecule has 0 radical (unpaired) electrons. The van der Waals surface area contributed by atoms with Crippen LogP contribution in [-0.4, -0.2) is 4.98 Å². The van der Waals surface area contributed by atoms with Gasteiger partial charge >= 0.3 is 0 Å². The average molecular weight is 209 g/mol. The summed E-state index contributed by atoms with van der Waals surface area (Å²) in [5, 5.41) is 0.670. The Labute approximate surface area is 86.5 Å². The number of anilines is 1. The van der Waals surface area contributed by atoms with E-state index in [4.69, 9.17) is 21.8 Å². The minimum atomic E-state index is 0.178. The lowest BCUT2D eigenvalue weighted by Crippen LogP contribution is -1.83. The molecule has 0 fully saturated rings. The SMILES string of the molecule is Cc1oc(N)nc1-c1cccc(Cl)c1. The largest absolute Gasteiger partial charge is 0.429 e. The zero-order valence-electron chi connectivity index (χ0n) is 7.62. The molecule has 2 rings (SSSR count). The van der Waals surface area contributed by atoms with Gasteiger partial charge in [-0.15, -0.1) is 0 Å². The summed E-state index contributed by atoms with van der Waals surface area (Å²) >= 11 is 5.86. The maximum atomic E-state index is 5.86. The van der Waals surface area contributed by atoms with Gasteiger partial charge in [0.2, 0.25) is 0 Å². The van der Waals surface area contributed by atoms with Gasteiger partial charge in [0.1, 0.15) is 11.5 Å². The zero-order valence-corrected chi connectivity index (χ0v) is 8.38. The lowest BCUT2D eigenvalue weighted by molar-refractivity contribution is 0.549. The standard InChI is InChI=1S/C10H9ClN2O/c1-6-9(13-10(12)14-6)7-3-2-4-8(11)5-7/h2-5H,1H3,(H2,12,13). The quantitative estimate of drug-likeness (QED) is 0.784. The molecule has 0 bridgehead atoms. The van der Waals surface area contributed by atoms with Gasteiger partial charge in [0.15, 0.2) is 0 Å². The molecular formula is C10H9ClN2O. The Balaban J connectivity index is 2.54. The molecule has 1 aromatic carbocycles. The predicted octanol–water partition coefficient (Wildman–Crippen LogP) is 2.89. The van der Waals surface area contributed by atoms with E-state index in [-0.39, 0.29) is 6.01 Å². The van der Waals surface area contributed by atoms with Crippen molar-refractivity contribution in [3.63, 3.8) is 0 Å². The third-order valence-electron chi connectivity index (χ3n) is 1.91. The van der Waals surface area contributed by atoms with E-state index in [1.807, 2.05) is 31.2 Å². The highest BCUT2D eigenvalue weighted by Crippen LogP contribution is 2.26. The Morgan fingerprint density at radius 2 is 2.21 bits per heavy atom. The van der Waals surface area contributed by atoms with Crippen LogP contribution in [0.2, 0.25) is 5.02 Å². The van der Waals surface area contributed by atoms with Crippen LogP contribution in [-0.2, 0) is 0 Å². The number of aromatic nitrogens is 1. The fourth-order valence-electron chi connectivity index (χ4n) is 1.32. The molecule has 0 aliphatic heterocycles. The molecule has 1 aromatic heterocycles. The number of nitrogens with zero attached hydrogens (tertiary/aromatic N) is 1. The van der Waals surface area contributed by atoms with Crippen LogP contribution in [0, 0.1) is 6.92 Å². The van der Waals surface area contributed by atoms with Crippen molar-refractivity contribution >= 4 is 17.6 Å². The minimum Gasteiger partial charge on any atom is -0.429 e. The molecule has 0 amide bonds. The second-order valence-electron chi connectivity index (χ2n) is 2.97. The first-order chi connectivity index (χ1) is 6.66. The van der Waals surface area contributed by atoms with Gasteiger partial charge in [-0.3, -0.25) is 0 Å². The van der Waals surface area contributed by atoms with Crippen LogP contribution in [0.15, 0.2) is 28.7 Å². The van der Waals surface area contributed by atoms with E-state index in [9.17, 15) is 0 Å². The zero-order chi connectivity index (χ0) is 10.1. The lowest BCUT2D eigenvalue weighted by Gasteiger charge is -1.97. The van der Waals surface area contributed by atoms with Gasteiger partial charge < -0.3 is 10.2 Å². The fourth-order valence-corrected chi connectivity index (χ4v) is 1.51. The van der Waals surface area contributed by atoms with Crippen LogP contribution < -0.4 is 5.73 Å². The van der Waals surface area contributed by atoms with E-state index in [0.29, 0.717) is 10.8 Å². The maximum Gasteiger partial charge on any atom is 0.292 e. The molecular weight excluding hydrogens is 200 g/mol. The van der Waals surface area contributed by atoms with Gasteiger partial charge in [-0.05, 0) is 19.1 Å². The highest BCUT2D eigenvalue weighted by atomic mass is 35.5. The fraction of sp³-hybridized carbons (Fsp3) is 0.100. The Kier molecular flexibility index (Phi) is 2.17. The van der Waals surface area contributed by atoms with Crippen LogP contribution in [0.25, 0.3) is 11.3 Å². The normalized spacial score (nSPS) is 10.4. The summed E-state index contributed by atoms with van der Waals surface area (Å²) in [7, 11) is 0. The molecule has 0 spiro atoms. The Morgan fingerprint density at radius 1 is 1.43 bits per heavy atom. The molecule has 0 atom stereocenters. The molecule has 2 N–H and O–H groups in total. The van der Waals surface area contributed by atoms with Crippen LogP contribution in [0.3, 0.4) is 0 Å². The summed E-state index contributed by atoms with van der Waals surface area (Å²) in [5.74, 6) is 0.699. The second kappa shape index (κ2) is 3.35. The monoisotopic (exact) mass is 208 g/mol. The Bertz CT molecular complexity index is 465.